The second-order valence-electron chi connectivity index (χ2n) is 6.78. The third-order valence-corrected chi connectivity index (χ3v) is 4.57. The molecule has 0 radical (unpaired) electrons. The first kappa shape index (κ1) is 20.3. The van der Waals surface area contributed by atoms with E-state index in [-0.39, 0.29) is 18.4 Å². The Morgan fingerprint density at radius 2 is 1.81 bits per heavy atom. The second kappa shape index (κ2) is 9.62. The molecule has 0 aliphatic rings. The van der Waals surface area contributed by atoms with Crippen LogP contribution in [0.1, 0.15) is 30.5 Å². The summed E-state index contributed by atoms with van der Waals surface area (Å²) < 4.78 is 0. The molecule has 0 spiro atoms. The monoisotopic (exact) mass is 368 g/mol. The first-order valence-corrected chi connectivity index (χ1v) is 9.04. The molecule has 0 saturated heterocycles. The summed E-state index contributed by atoms with van der Waals surface area (Å²) in [6.07, 6.45) is 0.133. The summed E-state index contributed by atoms with van der Waals surface area (Å²) in [6, 6.07) is 16.7. The molecule has 2 aromatic rings. The molecule has 27 heavy (non-hydrogen) atoms. The lowest BCUT2D eigenvalue weighted by molar-refractivity contribution is -0.121. The number of hydrogen-bond acceptors (Lipinski definition) is 3. The van der Waals surface area contributed by atoms with Crippen molar-refractivity contribution in [1.82, 2.24) is 10.6 Å². The average Bonchev–Trinajstić information content (AvgIpc) is 2.65. The van der Waals surface area contributed by atoms with Crippen LogP contribution < -0.4 is 21.3 Å². The molecule has 6 nitrogen and oxygen atoms in total. The highest BCUT2D eigenvalue weighted by Gasteiger charge is 2.18. The number of primary amides is 1. The Kier molecular flexibility index (Phi) is 7.23. The summed E-state index contributed by atoms with van der Waals surface area (Å²) in [4.78, 5) is 25.9. The highest BCUT2D eigenvalue weighted by molar-refractivity contribution is 5.78. The quantitative estimate of drug-likeness (QED) is 0.669. The second-order valence-corrected chi connectivity index (χ2v) is 6.78. The van der Waals surface area contributed by atoms with Gasteiger partial charge in [0.15, 0.2) is 0 Å². The lowest BCUT2D eigenvalue weighted by Crippen LogP contribution is -2.42. The van der Waals surface area contributed by atoms with Crippen LogP contribution in [0.4, 0.5) is 10.5 Å². The van der Waals surface area contributed by atoms with Crippen molar-refractivity contribution in [3.05, 3.63) is 65.7 Å². The zero-order chi connectivity index (χ0) is 19.8. The minimum Gasteiger partial charge on any atom is -0.370 e. The van der Waals surface area contributed by atoms with Crippen LogP contribution in [0.3, 0.4) is 0 Å². The number of amides is 3. The maximum absolute atomic E-state index is 12.4. The van der Waals surface area contributed by atoms with Crippen molar-refractivity contribution in [3.8, 4) is 0 Å². The number of carbonyl (C=O) groups is 2. The van der Waals surface area contributed by atoms with Gasteiger partial charge in [0.2, 0.25) is 5.91 Å². The summed E-state index contributed by atoms with van der Waals surface area (Å²) in [5, 5.41) is 5.61. The summed E-state index contributed by atoms with van der Waals surface area (Å²) in [7, 11) is 2.00. The van der Waals surface area contributed by atoms with E-state index in [9.17, 15) is 9.59 Å². The lowest BCUT2D eigenvalue weighted by Gasteiger charge is -2.27. The molecular formula is C21H28N4O2. The van der Waals surface area contributed by atoms with Gasteiger partial charge in [-0.25, -0.2) is 4.79 Å². The largest absolute Gasteiger partial charge is 0.370 e. The Morgan fingerprint density at radius 3 is 2.44 bits per heavy atom. The number of para-hydroxylation sites is 1. The molecular weight excluding hydrogens is 340 g/mol. The third-order valence-electron chi connectivity index (χ3n) is 4.57. The number of urea groups is 1. The van der Waals surface area contributed by atoms with Crippen LogP contribution in [-0.4, -0.2) is 31.6 Å². The number of nitrogens with two attached hydrogens (primary N) is 1. The molecule has 0 fully saturated rings. The van der Waals surface area contributed by atoms with E-state index in [4.69, 9.17) is 5.73 Å². The number of likely N-dealkylation sites (N-methyl/N-ethyl adjacent to an activating group) is 1. The molecule has 144 valence electrons. The molecule has 0 heterocycles. The lowest BCUT2D eigenvalue weighted by atomic mass is 10.0. The minimum absolute atomic E-state index is 0.123. The van der Waals surface area contributed by atoms with Crippen LogP contribution in [0.25, 0.3) is 0 Å². The number of aryl methyl sites for hydroxylation is 1. The molecule has 6 heteroatoms. The van der Waals surface area contributed by atoms with Gasteiger partial charge in [-0.3, -0.25) is 4.79 Å². The molecule has 0 aromatic heterocycles. The van der Waals surface area contributed by atoms with Crippen molar-refractivity contribution in [2.24, 2.45) is 5.73 Å². The van der Waals surface area contributed by atoms with Crippen LogP contribution in [-0.2, 0) is 4.79 Å². The minimum atomic E-state index is -0.647. The van der Waals surface area contributed by atoms with Gasteiger partial charge in [0.1, 0.15) is 0 Å². The van der Waals surface area contributed by atoms with Gasteiger partial charge >= 0.3 is 6.03 Å². The van der Waals surface area contributed by atoms with Crippen LogP contribution in [0.2, 0.25) is 0 Å². The van der Waals surface area contributed by atoms with Gasteiger partial charge < -0.3 is 21.3 Å². The summed E-state index contributed by atoms with van der Waals surface area (Å²) >= 11 is 0. The number of carbonyl (C=O) groups excluding carboxylic acids is 2. The van der Waals surface area contributed by atoms with E-state index in [1.807, 2.05) is 75.5 Å². The van der Waals surface area contributed by atoms with E-state index in [2.05, 4.69) is 15.5 Å². The number of nitrogens with zero attached hydrogens (tertiary/aromatic N) is 1. The van der Waals surface area contributed by atoms with Gasteiger partial charge in [0, 0.05) is 25.3 Å². The van der Waals surface area contributed by atoms with Gasteiger partial charge in [-0.2, -0.15) is 0 Å². The smallest absolute Gasteiger partial charge is 0.312 e. The zero-order valence-electron chi connectivity index (χ0n) is 16.1. The zero-order valence-corrected chi connectivity index (χ0v) is 16.1. The van der Waals surface area contributed by atoms with E-state index in [1.54, 1.807) is 0 Å². The Bertz CT molecular complexity index is 764. The molecule has 2 atom stereocenters. The highest BCUT2D eigenvalue weighted by Crippen LogP contribution is 2.18. The van der Waals surface area contributed by atoms with Crippen LogP contribution >= 0.6 is 0 Å². The normalized spacial score (nSPS) is 12.7. The Hall–Kier alpha value is -3.02. The Morgan fingerprint density at radius 1 is 1.11 bits per heavy atom. The molecule has 0 unspecified atom stereocenters. The average molecular weight is 368 g/mol. The predicted molar refractivity (Wildman–Crippen MR) is 109 cm³/mol. The van der Waals surface area contributed by atoms with Crippen LogP contribution in [0, 0.1) is 6.92 Å². The van der Waals surface area contributed by atoms with E-state index in [0.29, 0.717) is 6.54 Å². The van der Waals surface area contributed by atoms with Gasteiger partial charge in [-0.15, -0.1) is 0 Å². The SMILES string of the molecule is Cc1cccc([C@@H](CC(=O)NC[C@H](C)N(C)c2ccccc2)NC(N)=O)c1. The van der Waals surface area contributed by atoms with Gasteiger partial charge in [0.25, 0.3) is 0 Å². The van der Waals surface area contributed by atoms with E-state index < -0.39 is 12.1 Å². The summed E-state index contributed by atoms with van der Waals surface area (Å²) in [5.74, 6) is -0.136. The van der Waals surface area contributed by atoms with Crippen molar-refractivity contribution in [2.75, 3.05) is 18.5 Å². The highest BCUT2D eigenvalue weighted by atomic mass is 16.2. The number of rotatable bonds is 8. The topological polar surface area (TPSA) is 87.5 Å². The fourth-order valence-corrected chi connectivity index (χ4v) is 2.88. The molecule has 2 aromatic carbocycles. The van der Waals surface area contributed by atoms with Crippen molar-refractivity contribution in [3.63, 3.8) is 0 Å². The van der Waals surface area contributed by atoms with Crippen molar-refractivity contribution in [2.45, 2.75) is 32.4 Å². The van der Waals surface area contributed by atoms with Crippen molar-refractivity contribution >= 4 is 17.6 Å². The van der Waals surface area contributed by atoms with E-state index in [1.165, 1.54) is 0 Å². The molecule has 0 aliphatic carbocycles. The maximum Gasteiger partial charge on any atom is 0.312 e. The van der Waals surface area contributed by atoms with Crippen molar-refractivity contribution in [1.29, 1.82) is 0 Å². The first-order valence-electron chi connectivity index (χ1n) is 9.04. The fraction of sp³-hybridized carbons (Fsp3) is 0.333. The maximum atomic E-state index is 12.4. The predicted octanol–water partition coefficient (Wildman–Crippen LogP) is 2.74. The van der Waals surface area contributed by atoms with Crippen molar-refractivity contribution < 1.29 is 9.59 Å². The number of hydrogen-bond donors (Lipinski definition) is 3. The fourth-order valence-electron chi connectivity index (χ4n) is 2.88. The van der Waals surface area contributed by atoms with E-state index in [0.717, 1.165) is 16.8 Å². The molecule has 2 rings (SSSR count). The standard InChI is InChI=1S/C21H28N4O2/c1-15-8-7-9-17(12-15)19(24-21(22)27)13-20(26)23-14-16(2)25(3)18-10-5-4-6-11-18/h4-12,16,19H,13-14H2,1-3H3,(H,23,26)(H3,22,24,27)/t16-,19+/m0/s1. The number of benzene rings is 2. The molecule has 0 bridgehead atoms. The van der Waals surface area contributed by atoms with Crippen LogP contribution in [0.15, 0.2) is 54.6 Å². The first-order chi connectivity index (χ1) is 12.9. The third kappa shape index (κ3) is 6.33. The molecule has 0 aliphatic heterocycles. The summed E-state index contributed by atoms with van der Waals surface area (Å²) in [6.45, 7) is 4.51. The number of nitrogens with one attached hydrogen (secondary N) is 2. The Balaban J connectivity index is 1.94. The number of anilines is 1. The molecule has 4 N–H and O–H groups in total. The van der Waals surface area contributed by atoms with E-state index >= 15 is 0 Å². The molecule has 0 saturated carbocycles. The summed E-state index contributed by atoms with van der Waals surface area (Å²) in [5.41, 5.74) is 8.29. The molecule has 3 amide bonds. The van der Waals surface area contributed by atoms with Gasteiger partial charge in [0.05, 0.1) is 12.5 Å². The van der Waals surface area contributed by atoms with Gasteiger partial charge in [-0.1, -0.05) is 48.0 Å². The van der Waals surface area contributed by atoms with Gasteiger partial charge in [-0.05, 0) is 31.5 Å². The van der Waals surface area contributed by atoms with Crippen LogP contribution in [0.5, 0.6) is 0 Å². The Labute approximate surface area is 160 Å².